The van der Waals surface area contributed by atoms with E-state index >= 15 is 0 Å². The molecule has 0 N–H and O–H groups in total. The molecule has 9 heteroatoms. The number of nitrogens with zero attached hydrogens (tertiary/aromatic N) is 5. The molecule has 0 atom stereocenters. The smallest absolute Gasteiger partial charge is 0.215 e. The third-order valence-electron chi connectivity index (χ3n) is 3.81. The average Bonchev–Trinajstić information content (AvgIpc) is 2.97. The highest BCUT2D eigenvalue weighted by Crippen LogP contribution is 2.36. The second-order valence-corrected chi connectivity index (χ2v) is 7.10. The van der Waals surface area contributed by atoms with E-state index in [0.717, 1.165) is 45.5 Å². The van der Waals surface area contributed by atoms with Crippen molar-refractivity contribution in [2.24, 2.45) is 0 Å². The molecule has 26 heavy (non-hydrogen) atoms. The molecule has 4 rings (SSSR count). The van der Waals surface area contributed by atoms with Gasteiger partial charge in [0.25, 0.3) is 0 Å². The molecule has 0 aliphatic rings. The molecule has 0 aliphatic heterocycles. The summed E-state index contributed by atoms with van der Waals surface area (Å²) in [5.41, 5.74) is 4.49. The SMILES string of the molecule is COSc1nccc(-c2c3ccc(C)nc3n3c(SOC)nccc23)n1. The summed E-state index contributed by atoms with van der Waals surface area (Å²) in [4.78, 5) is 18.0. The molecule has 0 amide bonds. The van der Waals surface area contributed by atoms with Gasteiger partial charge >= 0.3 is 0 Å². The zero-order valence-corrected chi connectivity index (χ0v) is 16.0. The second-order valence-electron chi connectivity index (χ2n) is 5.37. The van der Waals surface area contributed by atoms with Crippen LogP contribution in [0.4, 0.5) is 0 Å². The maximum atomic E-state index is 5.24. The molecule has 0 saturated carbocycles. The van der Waals surface area contributed by atoms with Crippen LogP contribution in [0.5, 0.6) is 0 Å². The van der Waals surface area contributed by atoms with E-state index in [0.29, 0.717) is 10.3 Å². The van der Waals surface area contributed by atoms with Gasteiger partial charge < -0.3 is 8.37 Å². The van der Waals surface area contributed by atoms with Crippen LogP contribution in [0.2, 0.25) is 0 Å². The number of hydrogen-bond donors (Lipinski definition) is 0. The quantitative estimate of drug-likeness (QED) is 0.378. The number of hydrogen-bond acceptors (Lipinski definition) is 8. The molecule has 7 nitrogen and oxygen atoms in total. The molecule has 0 aromatic carbocycles. The highest BCUT2D eigenvalue weighted by Gasteiger charge is 2.19. The minimum atomic E-state index is 0.554. The summed E-state index contributed by atoms with van der Waals surface area (Å²) < 4.78 is 12.3. The summed E-state index contributed by atoms with van der Waals surface area (Å²) >= 11 is 2.33. The lowest BCUT2D eigenvalue weighted by Gasteiger charge is -2.04. The summed E-state index contributed by atoms with van der Waals surface area (Å²) in [7, 11) is 3.21. The predicted octanol–water partition coefficient (Wildman–Crippen LogP) is 3.95. The Bertz CT molecular complexity index is 1100. The van der Waals surface area contributed by atoms with Gasteiger partial charge in [-0.3, -0.25) is 4.40 Å². The van der Waals surface area contributed by atoms with Crippen LogP contribution in [0.25, 0.3) is 27.8 Å². The number of pyridine rings is 1. The molecule has 0 spiro atoms. The van der Waals surface area contributed by atoms with Crippen molar-refractivity contribution in [3.8, 4) is 11.3 Å². The Balaban J connectivity index is 2.08. The van der Waals surface area contributed by atoms with E-state index in [1.807, 2.05) is 29.5 Å². The molecule has 0 radical (unpaired) electrons. The number of aryl methyl sites for hydroxylation is 1. The van der Waals surface area contributed by atoms with E-state index in [9.17, 15) is 0 Å². The third kappa shape index (κ3) is 2.92. The third-order valence-corrected chi connectivity index (χ3v) is 4.92. The summed E-state index contributed by atoms with van der Waals surface area (Å²) in [6.45, 7) is 1.97. The van der Waals surface area contributed by atoms with Crippen LogP contribution in [-0.2, 0) is 8.37 Å². The van der Waals surface area contributed by atoms with E-state index < -0.39 is 0 Å². The van der Waals surface area contributed by atoms with Gasteiger partial charge in [-0.1, -0.05) is 0 Å². The first-order valence-corrected chi connectivity index (χ1v) is 9.22. The molecule has 4 aromatic heterocycles. The van der Waals surface area contributed by atoms with Gasteiger partial charge in [0.05, 0.1) is 49.5 Å². The fourth-order valence-corrected chi connectivity index (χ4v) is 3.75. The van der Waals surface area contributed by atoms with Gasteiger partial charge in [-0.25, -0.2) is 19.9 Å². The lowest BCUT2D eigenvalue weighted by atomic mass is 10.1. The minimum absolute atomic E-state index is 0.554. The fraction of sp³-hybridized carbons (Fsp3) is 0.176. The monoisotopic (exact) mass is 385 g/mol. The van der Waals surface area contributed by atoms with Crippen molar-refractivity contribution in [1.82, 2.24) is 24.3 Å². The van der Waals surface area contributed by atoms with Gasteiger partial charge in [0, 0.05) is 29.0 Å². The topological polar surface area (TPSA) is 74.4 Å². The van der Waals surface area contributed by atoms with Gasteiger partial charge in [-0.2, -0.15) is 0 Å². The van der Waals surface area contributed by atoms with Crippen LogP contribution in [-0.4, -0.2) is 38.6 Å². The first kappa shape index (κ1) is 17.2. The zero-order chi connectivity index (χ0) is 18.1. The standard InChI is InChI=1S/C17H15N5O2S2/c1-10-4-5-11-14(12-6-8-18-16(21-12)25-23-2)13-7-9-19-17(26-24-3)22(13)15(11)20-10/h4-9H,1-3H3. The van der Waals surface area contributed by atoms with Crippen LogP contribution >= 0.6 is 24.1 Å². The molecule has 4 heterocycles. The van der Waals surface area contributed by atoms with Crippen molar-refractivity contribution in [1.29, 1.82) is 0 Å². The number of rotatable bonds is 5. The van der Waals surface area contributed by atoms with Crippen molar-refractivity contribution in [2.45, 2.75) is 17.2 Å². The molecule has 0 unspecified atom stereocenters. The van der Waals surface area contributed by atoms with Crippen LogP contribution < -0.4 is 0 Å². The van der Waals surface area contributed by atoms with Crippen molar-refractivity contribution >= 4 is 40.6 Å². The van der Waals surface area contributed by atoms with Crippen molar-refractivity contribution in [3.63, 3.8) is 0 Å². The van der Waals surface area contributed by atoms with E-state index in [1.165, 1.54) is 12.0 Å². The highest BCUT2D eigenvalue weighted by molar-refractivity contribution is 7.94. The molecule has 0 aliphatic carbocycles. The molecule has 0 saturated heterocycles. The normalized spacial score (nSPS) is 11.5. The number of fused-ring (bicyclic) bond motifs is 3. The lowest BCUT2D eigenvalue weighted by Crippen LogP contribution is -1.95. The van der Waals surface area contributed by atoms with Crippen LogP contribution in [0, 0.1) is 6.92 Å². The Hall–Kier alpha value is -2.20. The largest absolute Gasteiger partial charge is 0.311 e. The highest BCUT2D eigenvalue weighted by atomic mass is 32.2. The summed E-state index contributed by atoms with van der Waals surface area (Å²) in [5, 5.41) is 2.26. The summed E-state index contributed by atoms with van der Waals surface area (Å²) in [6, 6.07) is 7.90. The Kier molecular flexibility index (Phi) is 4.77. The number of aromatic nitrogens is 5. The van der Waals surface area contributed by atoms with Crippen molar-refractivity contribution in [2.75, 3.05) is 14.2 Å². The molecule has 4 aromatic rings. The Labute approximate surface area is 158 Å². The molecule has 132 valence electrons. The molecule has 0 bridgehead atoms. The molecule has 0 fully saturated rings. The van der Waals surface area contributed by atoms with E-state index in [2.05, 4.69) is 21.0 Å². The van der Waals surface area contributed by atoms with Crippen LogP contribution in [0.1, 0.15) is 5.69 Å². The Morgan fingerprint density at radius 3 is 2.54 bits per heavy atom. The summed E-state index contributed by atoms with van der Waals surface area (Å²) in [6.07, 6.45) is 3.49. The van der Waals surface area contributed by atoms with Gasteiger partial charge in [-0.15, -0.1) is 0 Å². The first-order chi connectivity index (χ1) is 12.7. The van der Waals surface area contributed by atoms with Gasteiger partial charge in [0.15, 0.2) is 0 Å². The Morgan fingerprint density at radius 1 is 0.923 bits per heavy atom. The fourth-order valence-electron chi connectivity index (χ4n) is 2.85. The zero-order valence-electron chi connectivity index (χ0n) is 14.3. The van der Waals surface area contributed by atoms with Crippen LogP contribution in [0.3, 0.4) is 0 Å². The Morgan fingerprint density at radius 2 is 1.73 bits per heavy atom. The maximum Gasteiger partial charge on any atom is 0.215 e. The molecular weight excluding hydrogens is 370 g/mol. The van der Waals surface area contributed by atoms with Gasteiger partial charge in [0.2, 0.25) is 10.3 Å². The lowest BCUT2D eigenvalue weighted by molar-refractivity contribution is 0.485. The summed E-state index contributed by atoms with van der Waals surface area (Å²) in [5.74, 6) is 0. The second kappa shape index (κ2) is 7.20. The van der Waals surface area contributed by atoms with E-state index in [4.69, 9.17) is 13.4 Å². The maximum absolute atomic E-state index is 5.24. The predicted molar refractivity (Wildman–Crippen MR) is 102 cm³/mol. The van der Waals surface area contributed by atoms with Gasteiger partial charge in [-0.05, 0) is 31.2 Å². The average molecular weight is 385 g/mol. The van der Waals surface area contributed by atoms with E-state index in [-0.39, 0.29) is 0 Å². The van der Waals surface area contributed by atoms with Crippen LogP contribution in [0.15, 0.2) is 47.0 Å². The van der Waals surface area contributed by atoms with Crippen molar-refractivity contribution < 1.29 is 8.37 Å². The molecular formula is C17H15N5O2S2. The van der Waals surface area contributed by atoms with Gasteiger partial charge in [0.1, 0.15) is 5.65 Å². The van der Waals surface area contributed by atoms with Crippen molar-refractivity contribution in [3.05, 3.63) is 42.4 Å². The first-order valence-electron chi connectivity index (χ1n) is 7.74. The minimum Gasteiger partial charge on any atom is -0.311 e. The van der Waals surface area contributed by atoms with E-state index in [1.54, 1.807) is 26.6 Å².